The first kappa shape index (κ1) is 22.0. The van der Waals surface area contributed by atoms with Crippen molar-refractivity contribution in [1.82, 2.24) is 10.0 Å². The number of ether oxygens (including phenoxy) is 2. The highest BCUT2D eigenvalue weighted by atomic mass is 35.5. The van der Waals surface area contributed by atoms with E-state index in [-0.39, 0.29) is 24.6 Å². The molecule has 0 aromatic heterocycles. The first-order chi connectivity index (χ1) is 13.3. The van der Waals surface area contributed by atoms with Crippen molar-refractivity contribution in [3.63, 3.8) is 0 Å². The summed E-state index contributed by atoms with van der Waals surface area (Å²) in [5, 5.41) is 3.30. The van der Waals surface area contributed by atoms with Crippen molar-refractivity contribution in [1.29, 1.82) is 0 Å². The predicted octanol–water partition coefficient (Wildman–Crippen LogP) is 2.48. The largest absolute Gasteiger partial charge is 0.497 e. The Labute approximate surface area is 170 Å². The van der Waals surface area contributed by atoms with Gasteiger partial charge in [0.05, 0.1) is 20.0 Å². The number of carbonyl (C=O) groups excluding carboxylic acids is 1. The molecule has 2 rings (SSSR count). The smallest absolute Gasteiger partial charge is 0.221 e. The zero-order valence-corrected chi connectivity index (χ0v) is 17.3. The molecule has 0 saturated heterocycles. The lowest BCUT2D eigenvalue weighted by Gasteiger charge is -2.12. The topological polar surface area (TPSA) is 93.7 Å². The Morgan fingerprint density at radius 1 is 1.04 bits per heavy atom. The molecular formula is C19H23ClN2O5S. The zero-order chi connectivity index (χ0) is 20.6. The molecule has 0 unspecified atom stereocenters. The van der Waals surface area contributed by atoms with Gasteiger partial charge in [-0.3, -0.25) is 4.79 Å². The molecule has 0 spiro atoms. The SMILES string of the molecule is COc1ccc(CNS(=O)(=O)CCC(=O)NCc2ccc(Cl)cc2)c(OC)c1. The molecule has 9 heteroatoms. The number of rotatable bonds is 10. The summed E-state index contributed by atoms with van der Waals surface area (Å²) in [6.45, 7) is 0.369. The minimum atomic E-state index is -3.62. The second-order valence-electron chi connectivity index (χ2n) is 5.97. The van der Waals surface area contributed by atoms with E-state index >= 15 is 0 Å². The fraction of sp³-hybridized carbons (Fsp3) is 0.316. The highest BCUT2D eigenvalue weighted by Gasteiger charge is 2.15. The van der Waals surface area contributed by atoms with Gasteiger partial charge in [0.25, 0.3) is 0 Å². The molecule has 0 atom stereocenters. The quantitative estimate of drug-likeness (QED) is 0.608. The lowest BCUT2D eigenvalue weighted by Crippen LogP contribution is -2.30. The minimum Gasteiger partial charge on any atom is -0.497 e. The Bertz CT molecular complexity index is 901. The second kappa shape index (κ2) is 10.3. The minimum absolute atomic E-state index is 0.0574. The summed E-state index contributed by atoms with van der Waals surface area (Å²) >= 11 is 5.81. The van der Waals surface area contributed by atoms with Crippen molar-refractivity contribution in [2.45, 2.75) is 19.5 Å². The number of methoxy groups -OCH3 is 2. The normalized spacial score (nSPS) is 11.1. The van der Waals surface area contributed by atoms with Gasteiger partial charge >= 0.3 is 0 Å². The van der Waals surface area contributed by atoms with Gasteiger partial charge in [0.1, 0.15) is 11.5 Å². The van der Waals surface area contributed by atoms with E-state index in [2.05, 4.69) is 10.0 Å². The fourth-order valence-corrected chi connectivity index (χ4v) is 3.48. The van der Waals surface area contributed by atoms with Crippen LogP contribution < -0.4 is 19.5 Å². The number of sulfonamides is 1. The molecule has 2 aromatic rings. The van der Waals surface area contributed by atoms with Gasteiger partial charge in [0.15, 0.2) is 0 Å². The average molecular weight is 427 g/mol. The van der Waals surface area contributed by atoms with Crippen molar-refractivity contribution < 1.29 is 22.7 Å². The van der Waals surface area contributed by atoms with Crippen LogP contribution in [-0.4, -0.2) is 34.3 Å². The van der Waals surface area contributed by atoms with Crippen LogP contribution in [-0.2, 0) is 27.9 Å². The summed E-state index contributed by atoms with van der Waals surface area (Å²) in [5.74, 6) is 0.476. The third-order valence-electron chi connectivity index (χ3n) is 3.98. The maximum absolute atomic E-state index is 12.2. The van der Waals surface area contributed by atoms with Crippen LogP contribution in [0.15, 0.2) is 42.5 Å². The van der Waals surface area contributed by atoms with Gasteiger partial charge in [-0.1, -0.05) is 29.8 Å². The molecule has 2 aromatic carbocycles. The molecule has 0 aliphatic heterocycles. The summed E-state index contributed by atoms with van der Waals surface area (Å²) in [6, 6.07) is 12.2. The van der Waals surface area contributed by atoms with Crippen LogP contribution in [0.3, 0.4) is 0 Å². The number of halogens is 1. The van der Waals surface area contributed by atoms with Gasteiger partial charge in [-0.05, 0) is 23.8 Å². The molecule has 1 amide bonds. The Kier molecular flexibility index (Phi) is 8.10. The standard InChI is InChI=1S/C19H23ClN2O5S/c1-26-17-8-5-15(18(11-17)27-2)13-22-28(24,25)10-9-19(23)21-12-14-3-6-16(20)7-4-14/h3-8,11,22H,9-10,12-13H2,1-2H3,(H,21,23). The molecular weight excluding hydrogens is 404 g/mol. The van der Waals surface area contributed by atoms with Crippen molar-refractivity contribution >= 4 is 27.5 Å². The third kappa shape index (κ3) is 7.03. The van der Waals surface area contributed by atoms with Crippen LogP contribution in [0.5, 0.6) is 11.5 Å². The maximum Gasteiger partial charge on any atom is 0.221 e. The molecule has 0 radical (unpaired) electrons. The molecule has 152 valence electrons. The summed E-state index contributed by atoms with van der Waals surface area (Å²) in [7, 11) is -0.585. The highest BCUT2D eigenvalue weighted by Crippen LogP contribution is 2.24. The molecule has 0 fully saturated rings. The summed E-state index contributed by atoms with van der Waals surface area (Å²) in [6.07, 6.45) is -0.136. The molecule has 0 aliphatic rings. The van der Waals surface area contributed by atoms with Gasteiger partial charge in [-0.2, -0.15) is 0 Å². The number of hydrogen-bond donors (Lipinski definition) is 2. The Morgan fingerprint density at radius 2 is 1.75 bits per heavy atom. The van der Waals surface area contributed by atoms with E-state index in [4.69, 9.17) is 21.1 Å². The van der Waals surface area contributed by atoms with Crippen molar-refractivity contribution in [3.8, 4) is 11.5 Å². The second-order valence-corrected chi connectivity index (χ2v) is 8.33. The molecule has 2 N–H and O–H groups in total. The summed E-state index contributed by atoms with van der Waals surface area (Å²) in [5.41, 5.74) is 1.55. The monoisotopic (exact) mass is 426 g/mol. The van der Waals surface area contributed by atoms with Crippen molar-refractivity contribution in [3.05, 3.63) is 58.6 Å². The van der Waals surface area contributed by atoms with Gasteiger partial charge in [-0.25, -0.2) is 13.1 Å². The highest BCUT2D eigenvalue weighted by molar-refractivity contribution is 7.89. The molecule has 28 heavy (non-hydrogen) atoms. The number of amides is 1. The van der Waals surface area contributed by atoms with E-state index in [1.54, 1.807) is 42.5 Å². The molecule has 7 nitrogen and oxygen atoms in total. The van der Waals surface area contributed by atoms with Crippen LogP contribution in [0.1, 0.15) is 17.5 Å². The number of carbonyl (C=O) groups is 1. The first-order valence-corrected chi connectivity index (χ1v) is 10.6. The lowest BCUT2D eigenvalue weighted by atomic mass is 10.2. The van der Waals surface area contributed by atoms with Gasteiger partial charge in [-0.15, -0.1) is 0 Å². The van der Waals surface area contributed by atoms with E-state index in [9.17, 15) is 13.2 Å². The van der Waals surface area contributed by atoms with E-state index in [0.29, 0.717) is 28.6 Å². The Balaban J connectivity index is 1.81. The maximum atomic E-state index is 12.2. The van der Waals surface area contributed by atoms with Crippen LogP contribution in [0.25, 0.3) is 0 Å². The molecule has 0 bridgehead atoms. The average Bonchev–Trinajstić information content (AvgIpc) is 2.70. The molecule has 0 saturated carbocycles. The fourth-order valence-electron chi connectivity index (χ4n) is 2.38. The molecule has 0 aliphatic carbocycles. The third-order valence-corrected chi connectivity index (χ3v) is 5.56. The van der Waals surface area contributed by atoms with Crippen LogP contribution in [0, 0.1) is 0 Å². The van der Waals surface area contributed by atoms with Crippen molar-refractivity contribution in [2.24, 2.45) is 0 Å². The van der Waals surface area contributed by atoms with Crippen LogP contribution in [0.4, 0.5) is 0 Å². The van der Waals surface area contributed by atoms with E-state index in [0.717, 1.165) is 5.56 Å². The van der Waals surface area contributed by atoms with E-state index in [1.165, 1.54) is 14.2 Å². The lowest BCUT2D eigenvalue weighted by molar-refractivity contribution is -0.120. The van der Waals surface area contributed by atoms with E-state index < -0.39 is 10.0 Å². The zero-order valence-electron chi connectivity index (χ0n) is 15.7. The first-order valence-electron chi connectivity index (χ1n) is 8.52. The number of nitrogens with one attached hydrogen (secondary N) is 2. The van der Waals surface area contributed by atoms with E-state index in [1.807, 2.05) is 0 Å². The number of hydrogen-bond acceptors (Lipinski definition) is 5. The van der Waals surface area contributed by atoms with Crippen LogP contribution >= 0.6 is 11.6 Å². The van der Waals surface area contributed by atoms with Gasteiger partial charge < -0.3 is 14.8 Å². The Morgan fingerprint density at radius 3 is 2.39 bits per heavy atom. The van der Waals surface area contributed by atoms with Gasteiger partial charge in [0.2, 0.25) is 15.9 Å². The number of benzene rings is 2. The summed E-state index contributed by atoms with van der Waals surface area (Å²) < 4.78 is 37.2. The molecule has 0 heterocycles. The van der Waals surface area contributed by atoms with Crippen molar-refractivity contribution in [2.75, 3.05) is 20.0 Å². The van der Waals surface area contributed by atoms with Gasteiger partial charge in [0, 0.05) is 36.2 Å². The predicted molar refractivity (Wildman–Crippen MR) is 108 cm³/mol. The van der Waals surface area contributed by atoms with Crippen LogP contribution in [0.2, 0.25) is 5.02 Å². The summed E-state index contributed by atoms with van der Waals surface area (Å²) in [4.78, 5) is 11.9. The Hall–Kier alpha value is -2.29.